The molecule has 184 valence electrons. The highest BCUT2D eigenvalue weighted by Gasteiger charge is 2.38. The second-order valence-corrected chi connectivity index (χ2v) is 8.19. The number of halogens is 6. The average Bonchev–Trinajstić information content (AvgIpc) is 2.83. The lowest BCUT2D eigenvalue weighted by molar-refractivity contribution is -0.137. The lowest BCUT2D eigenvalue weighted by Gasteiger charge is -2.39. The Morgan fingerprint density at radius 3 is 2.29 bits per heavy atom. The predicted octanol–water partition coefficient (Wildman–Crippen LogP) is 5.33. The van der Waals surface area contributed by atoms with Crippen LogP contribution < -0.4 is 9.64 Å². The van der Waals surface area contributed by atoms with Crippen molar-refractivity contribution in [2.75, 3.05) is 25.1 Å². The molecular weight excluding hydrogens is 476 g/mol. The topological polar surface area (TPSA) is 55.3 Å². The number of methoxy groups -OCH3 is 1. The number of carbonyl (C=O) groups is 1. The summed E-state index contributed by atoms with van der Waals surface area (Å²) in [6, 6.07) is 4.46. The third-order valence-corrected chi connectivity index (χ3v) is 6.18. The van der Waals surface area contributed by atoms with Crippen molar-refractivity contribution >= 4 is 12.0 Å². The van der Waals surface area contributed by atoms with Crippen molar-refractivity contribution in [1.82, 2.24) is 9.97 Å². The summed E-state index contributed by atoms with van der Waals surface area (Å²) in [4.78, 5) is 21.5. The molecule has 0 amide bonds. The van der Waals surface area contributed by atoms with E-state index in [0.717, 1.165) is 30.5 Å². The molecule has 11 heteroatoms. The molecule has 1 fully saturated rings. The molecule has 0 spiro atoms. The van der Waals surface area contributed by atoms with Crippen LogP contribution in [-0.4, -0.2) is 36.5 Å². The van der Waals surface area contributed by atoms with Crippen molar-refractivity contribution in [3.8, 4) is 17.1 Å². The molecule has 0 unspecified atom stereocenters. The molecule has 0 aliphatic carbocycles. The van der Waals surface area contributed by atoms with Crippen molar-refractivity contribution in [2.45, 2.75) is 24.4 Å². The Bertz CT molecular complexity index is 1260. The van der Waals surface area contributed by atoms with Gasteiger partial charge in [0.15, 0.2) is 0 Å². The summed E-state index contributed by atoms with van der Waals surface area (Å²) < 4.78 is 86.6. The number of alkyl halides is 3. The SMILES string of the molecule is COc1ncc(F)cc1-c1ncc(C2(C=O)CCN(c3ccc(C(F)(F)F)cc3F)CC2)cc1F. The highest BCUT2D eigenvalue weighted by atomic mass is 19.4. The molecule has 1 aliphatic rings. The molecule has 1 aliphatic heterocycles. The van der Waals surface area contributed by atoms with Crippen LogP contribution in [0.2, 0.25) is 0 Å². The van der Waals surface area contributed by atoms with Gasteiger partial charge in [0.2, 0.25) is 5.88 Å². The van der Waals surface area contributed by atoms with Gasteiger partial charge in [0, 0.05) is 19.3 Å². The van der Waals surface area contributed by atoms with Crippen molar-refractivity contribution < 1.29 is 35.9 Å². The predicted molar refractivity (Wildman–Crippen MR) is 115 cm³/mol. The summed E-state index contributed by atoms with van der Waals surface area (Å²) >= 11 is 0. The van der Waals surface area contributed by atoms with Crippen LogP contribution in [0.5, 0.6) is 5.88 Å². The molecule has 0 N–H and O–H groups in total. The Morgan fingerprint density at radius 1 is 1.00 bits per heavy atom. The number of aldehydes is 1. The number of ether oxygens (including phenoxy) is 1. The lowest BCUT2D eigenvalue weighted by Crippen LogP contribution is -2.44. The van der Waals surface area contributed by atoms with Crippen LogP contribution in [0.1, 0.15) is 24.0 Å². The summed E-state index contributed by atoms with van der Waals surface area (Å²) in [5.74, 6) is -2.57. The van der Waals surface area contributed by atoms with E-state index in [4.69, 9.17) is 4.74 Å². The quantitative estimate of drug-likeness (QED) is 0.354. The van der Waals surface area contributed by atoms with Crippen molar-refractivity contribution in [3.63, 3.8) is 0 Å². The number of nitrogens with zero attached hydrogens (tertiary/aromatic N) is 3. The van der Waals surface area contributed by atoms with Crippen LogP contribution in [0.25, 0.3) is 11.3 Å². The van der Waals surface area contributed by atoms with Gasteiger partial charge in [0.05, 0.1) is 35.5 Å². The second-order valence-electron chi connectivity index (χ2n) is 8.19. The van der Waals surface area contributed by atoms with Gasteiger partial charge in [-0.25, -0.2) is 18.2 Å². The second kappa shape index (κ2) is 9.20. The average molecular weight is 495 g/mol. The minimum Gasteiger partial charge on any atom is -0.481 e. The fourth-order valence-corrected chi connectivity index (χ4v) is 4.23. The molecular formula is C24H19F6N3O2. The van der Waals surface area contributed by atoms with Crippen LogP contribution in [0.4, 0.5) is 32.0 Å². The van der Waals surface area contributed by atoms with Gasteiger partial charge < -0.3 is 14.4 Å². The molecule has 0 saturated carbocycles. The van der Waals surface area contributed by atoms with Crippen molar-refractivity contribution in [2.24, 2.45) is 0 Å². The molecule has 3 aromatic rings. The third kappa shape index (κ3) is 4.67. The first kappa shape index (κ1) is 24.5. The van der Waals surface area contributed by atoms with Crippen LogP contribution >= 0.6 is 0 Å². The Balaban J connectivity index is 1.58. The number of piperidine rings is 1. The molecule has 1 saturated heterocycles. The number of aromatic nitrogens is 2. The summed E-state index contributed by atoms with van der Waals surface area (Å²) in [6.45, 7) is 0.290. The van der Waals surface area contributed by atoms with E-state index in [1.54, 1.807) is 4.90 Å². The summed E-state index contributed by atoms with van der Waals surface area (Å²) in [5, 5.41) is 0. The van der Waals surface area contributed by atoms with Gasteiger partial charge in [-0.2, -0.15) is 13.2 Å². The number of hydrogen-bond acceptors (Lipinski definition) is 5. The summed E-state index contributed by atoms with van der Waals surface area (Å²) in [7, 11) is 1.30. The summed E-state index contributed by atoms with van der Waals surface area (Å²) in [6.07, 6.45) is -1.45. The van der Waals surface area contributed by atoms with Crippen LogP contribution in [0.15, 0.2) is 42.7 Å². The zero-order chi connectivity index (χ0) is 25.4. The van der Waals surface area contributed by atoms with E-state index in [-0.39, 0.29) is 54.3 Å². The van der Waals surface area contributed by atoms with Gasteiger partial charge in [-0.3, -0.25) is 4.98 Å². The molecule has 0 atom stereocenters. The van der Waals surface area contributed by atoms with Crippen LogP contribution in [-0.2, 0) is 16.4 Å². The normalized spacial score (nSPS) is 15.7. The number of hydrogen-bond donors (Lipinski definition) is 0. The highest BCUT2D eigenvalue weighted by molar-refractivity contribution is 5.71. The molecule has 0 bridgehead atoms. The smallest absolute Gasteiger partial charge is 0.416 e. The first-order valence-electron chi connectivity index (χ1n) is 10.5. The van der Waals surface area contributed by atoms with E-state index < -0.39 is 34.6 Å². The number of anilines is 1. The minimum absolute atomic E-state index is 0.00398. The standard InChI is InChI=1S/C24H19F6N3O2/c1-35-22-17(10-16(25)12-32-22)21-19(27)9-15(11-31-21)23(13-34)4-6-33(7-5-23)20-3-2-14(8-18(20)26)24(28,29)30/h2-3,8-13H,4-7H2,1H3. The fourth-order valence-electron chi connectivity index (χ4n) is 4.23. The lowest BCUT2D eigenvalue weighted by atomic mass is 9.74. The molecule has 4 rings (SSSR count). The molecule has 5 nitrogen and oxygen atoms in total. The van der Waals surface area contributed by atoms with Crippen molar-refractivity contribution in [1.29, 1.82) is 0 Å². The van der Waals surface area contributed by atoms with E-state index in [2.05, 4.69) is 9.97 Å². The largest absolute Gasteiger partial charge is 0.481 e. The third-order valence-electron chi connectivity index (χ3n) is 6.18. The van der Waals surface area contributed by atoms with Gasteiger partial charge in [-0.1, -0.05) is 0 Å². The van der Waals surface area contributed by atoms with Crippen molar-refractivity contribution in [3.05, 3.63) is 71.3 Å². The number of carbonyl (C=O) groups excluding carboxylic acids is 1. The number of pyridine rings is 2. The van der Waals surface area contributed by atoms with Gasteiger partial charge >= 0.3 is 6.18 Å². The summed E-state index contributed by atoms with van der Waals surface area (Å²) in [5.41, 5.74) is -2.15. The number of rotatable bonds is 5. The molecule has 3 heterocycles. The Labute approximate surface area is 196 Å². The maximum absolute atomic E-state index is 15.0. The minimum atomic E-state index is -4.66. The fraction of sp³-hybridized carbons (Fsp3) is 0.292. The molecule has 1 aromatic carbocycles. The van der Waals surface area contributed by atoms with E-state index in [9.17, 15) is 26.7 Å². The van der Waals surface area contributed by atoms with E-state index >= 15 is 4.39 Å². The van der Waals surface area contributed by atoms with Crippen LogP contribution in [0.3, 0.4) is 0 Å². The van der Waals surface area contributed by atoms with E-state index in [1.165, 1.54) is 13.3 Å². The van der Waals surface area contributed by atoms with E-state index in [0.29, 0.717) is 12.4 Å². The van der Waals surface area contributed by atoms with Gasteiger partial charge in [0.1, 0.15) is 29.4 Å². The van der Waals surface area contributed by atoms with E-state index in [1.807, 2.05) is 0 Å². The maximum Gasteiger partial charge on any atom is 0.416 e. The maximum atomic E-state index is 15.0. The molecule has 2 aromatic heterocycles. The van der Waals surface area contributed by atoms with Crippen LogP contribution in [0, 0.1) is 17.5 Å². The number of benzene rings is 1. The van der Waals surface area contributed by atoms with Gasteiger partial charge in [-0.15, -0.1) is 0 Å². The van der Waals surface area contributed by atoms with Gasteiger partial charge in [0.25, 0.3) is 0 Å². The first-order valence-corrected chi connectivity index (χ1v) is 10.5. The Kier molecular flexibility index (Phi) is 6.44. The monoisotopic (exact) mass is 495 g/mol. The molecule has 35 heavy (non-hydrogen) atoms. The zero-order valence-corrected chi connectivity index (χ0v) is 18.4. The Hall–Kier alpha value is -3.63. The highest BCUT2D eigenvalue weighted by Crippen LogP contribution is 2.39. The molecule has 0 radical (unpaired) electrons. The Morgan fingerprint density at radius 2 is 1.71 bits per heavy atom. The van der Waals surface area contributed by atoms with Gasteiger partial charge in [-0.05, 0) is 48.7 Å². The zero-order valence-electron chi connectivity index (χ0n) is 18.4. The first-order chi connectivity index (χ1) is 16.6.